The third-order valence-corrected chi connectivity index (χ3v) is 2.79. The zero-order valence-electron chi connectivity index (χ0n) is 9.06. The smallest absolute Gasteiger partial charge is 0.0638 e. The molecule has 0 saturated carbocycles. The largest absolute Gasteiger partial charge is 0.398 e. The van der Waals surface area contributed by atoms with Gasteiger partial charge in [0.25, 0.3) is 0 Å². The average molecular weight is 203 g/mol. The molecule has 1 aliphatic heterocycles. The fourth-order valence-electron chi connectivity index (χ4n) is 1.85. The minimum absolute atomic E-state index is 0.439. The first-order valence-corrected chi connectivity index (χ1v) is 5.32. The van der Waals surface area contributed by atoms with E-state index in [4.69, 9.17) is 5.73 Å². The van der Waals surface area contributed by atoms with Gasteiger partial charge in [0.05, 0.1) is 6.04 Å². The highest BCUT2D eigenvalue weighted by molar-refractivity contribution is 5.86. The quantitative estimate of drug-likeness (QED) is 0.583. The van der Waals surface area contributed by atoms with Crippen molar-refractivity contribution < 1.29 is 0 Å². The highest BCUT2D eigenvalue weighted by Gasteiger charge is 2.17. The van der Waals surface area contributed by atoms with Crippen molar-refractivity contribution in [1.82, 2.24) is 4.90 Å². The first kappa shape index (κ1) is 10.2. The normalized spacial score (nSPS) is 22.6. The van der Waals surface area contributed by atoms with Crippen LogP contribution in [-0.2, 0) is 0 Å². The van der Waals surface area contributed by atoms with Crippen molar-refractivity contribution in [3.63, 3.8) is 0 Å². The average Bonchev–Trinajstić information content (AvgIpc) is 2.63. The molecule has 3 nitrogen and oxygen atoms in total. The van der Waals surface area contributed by atoms with Crippen LogP contribution in [0.5, 0.6) is 0 Å². The molecule has 1 saturated heterocycles. The number of hydrogen-bond acceptors (Lipinski definition) is 3. The van der Waals surface area contributed by atoms with E-state index >= 15 is 0 Å². The minimum atomic E-state index is 0.439. The number of aliphatic imine (C=N–C) groups is 1. The van der Waals surface area contributed by atoms with E-state index in [9.17, 15) is 0 Å². The maximum Gasteiger partial charge on any atom is 0.0638 e. The Morgan fingerprint density at radius 3 is 2.93 bits per heavy atom. The van der Waals surface area contributed by atoms with Gasteiger partial charge in [0, 0.05) is 24.0 Å². The van der Waals surface area contributed by atoms with Gasteiger partial charge in [-0.25, -0.2) is 0 Å². The van der Waals surface area contributed by atoms with Crippen molar-refractivity contribution in [3.05, 3.63) is 29.8 Å². The van der Waals surface area contributed by atoms with E-state index < -0.39 is 0 Å². The van der Waals surface area contributed by atoms with Gasteiger partial charge in [-0.15, -0.1) is 0 Å². The topological polar surface area (TPSA) is 41.6 Å². The van der Waals surface area contributed by atoms with E-state index in [1.807, 2.05) is 30.5 Å². The van der Waals surface area contributed by atoms with Gasteiger partial charge in [-0.2, -0.15) is 0 Å². The maximum absolute atomic E-state index is 5.83. The first-order valence-electron chi connectivity index (χ1n) is 5.32. The molecule has 15 heavy (non-hydrogen) atoms. The maximum atomic E-state index is 5.83. The number of anilines is 1. The molecule has 1 atom stereocenters. The molecule has 1 aliphatic rings. The van der Waals surface area contributed by atoms with E-state index in [1.54, 1.807) is 0 Å². The summed E-state index contributed by atoms with van der Waals surface area (Å²) in [5, 5.41) is 0. The summed E-state index contributed by atoms with van der Waals surface area (Å²) in [5.74, 6) is 0. The SMILES string of the molecule is CN1CCC(N=Cc2ccccc2N)C1. The molecule has 2 N–H and O–H groups in total. The summed E-state index contributed by atoms with van der Waals surface area (Å²) in [6.07, 6.45) is 3.05. The number of para-hydroxylation sites is 1. The van der Waals surface area contributed by atoms with Crippen LogP contribution in [0.1, 0.15) is 12.0 Å². The molecule has 2 rings (SSSR count). The Bertz CT molecular complexity index is 360. The molecular weight excluding hydrogens is 186 g/mol. The zero-order chi connectivity index (χ0) is 10.7. The van der Waals surface area contributed by atoms with Crippen LogP contribution in [-0.4, -0.2) is 37.3 Å². The Morgan fingerprint density at radius 1 is 1.47 bits per heavy atom. The second-order valence-electron chi connectivity index (χ2n) is 4.11. The number of likely N-dealkylation sites (tertiary alicyclic amines) is 1. The van der Waals surface area contributed by atoms with Crippen LogP contribution in [0.15, 0.2) is 29.3 Å². The highest BCUT2D eigenvalue weighted by Crippen LogP contribution is 2.12. The van der Waals surface area contributed by atoms with E-state index in [2.05, 4.69) is 16.9 Å². The highest BCUT2D eigenvalue weighted by atomic mass is 15.1. The Labute approximate surface area is 90.6 Å². The summed E-state index contributed by atoms with van der Waals surface area (Å²) >= 11 is 0. The molecule has 0 spiro atoms. The predicted molar refractivity (Wildman–Crippen MR) is 64.4 cm³/mol. The molecule has 0 bridgehead atoms. The van der Waals surface area contributed by atoms with Crippen LogP contribution < -0.4 is 5.73 Å². The third kappa shape index (κ3) is 2.57. The molecule has 3 heteroatoms. The van der Waals surface area contributed by atoms with Crippen LogP contribution in [0.25, 0.3) is 0 Å². The summed E-state index contributed by atoms with van der Waals surface area (Å²) in [6, 6.07) is 8.27. The second kappa shape index (κ2) is 4.45. The summed E-state index contributed by atoms with van der Waals surface area (Å²) in [5.41, 5.74) is 7.65. The van der Waals surface area contributed by atoms with E-state index in [1.165, 1.54) is 0 Å². The fourth-order valence-corrected chi connectivity index (χ4v) is 1.85. The fraction of sp³-hybridized carbons (Fsp3) is 0.417. The van der Waals surface area contributed by atoms with E-state index in [0.29, 0.717) is 6.04 Å². The van der Waals surface area contributed by atoms with Crippen molar-refractivity contribution in [2.24, 2.45) is 4.99 Å². The van der Waals surface area contributed by atoms with Crippen molar-refractivity contribution >= 4 is 11.9 Å². The number of hydrogen-bond donors (Lipinski definition) is 1. The van der Waals surface area contributed by atoms with E-state index in [-0.39, 0.29) is 0 Å². The molecule has 0 radical (unpaired) electrons. The van der Waals surface area contributed by atoms with Crippen molar-refractivity contribution in [1.29, 1.82) is 0 Å². The lowest BCUT2D eigenvalue weighted by molar-refractivity contribution is 0.412. The Hall–Kier alpha value is -1.35. The lowest BCUT2D eigenvalue weighted by Crippen LogP contribution is -2.15. The van der Waals surface area contributed by atoms with Gasteiger partial charge in [0.15, 0.2) is 0 Å². The number of likely N-dealkylation sites (N-methyl/N-ethyl adjacent to an activating group) is 1. The number of nitrogen functional groups attached to an aromatic ring is 1. The number of rotatable bonds is 2. The van der Waals surface area contributed by atoms with Crippen LogP contribution in [0.3, 0.4) is 0 Å². The van der Waals surface area contributed by atoms with Gasteiger partial charge < -0.3 is 10.6 Å². The predicted octanol–water partition coefficient (Wildman–Crippen LogP) is 1.39. The van der Waals surface area contributed by atoms with Crippen LogP contribution >= 0.6 is 0 Å². The second-order valence-corrected chi connectivity index (χ2v) is 4.11. The van der Waals surface area contributed by atoms with Crippen LogP contribution in [0.4, 0.5) is 5.69 Å². The summed E-state index contributed by atoms with van der Waals surface area (Å²) < 4.78 is 0. The van der Waals surface area contributed by atoms with Crippen molar-refractivity contribution in [2.75, 3.05) is 25.9 Å². The van der Waals surface area contributed by atoms with Gasteiger partial charge in [-0.05, 0) is 26.1 Å². The van der Waals surface area contributed by atoms with Crippen molar-refractivity contribution in [2.45, 2.75) is 12.5 Å². The molecule has 1 aromatic carbocycles. The summed E-state index contributed by atoms with van der Waals surface area (Å²) in [4.78, 5) is 6.86. The molecular formula is C12H17N3. The molecule has 1 unspecified atom stereocenters. The number of nitrogens with two attached hydrogens (primary N) is 1. The molecule has 0 amide bonds. The Kier molecular flexibility index (Phi) is 3.02. The standard InChI is InChI=1S/C12H17N3/c1-15-7-6-11(9-15)14-8-10-4-2-3-5-12(10)13/h2-5,8,11H,6-7,9,13H2,1H3. The number of benzene rings is 1. The lowest BCUT2D eigenvalue weighted by Gasteiger charge is -2.05. The van der Waals surface area contributed by atoms with Gasteiger partial charge in [-0.3, -0.25) is 4.99 Å². The van der Waals surface area contributed by atoms with Gasteiger partial charge in [0.1, 0.15) is 0 Å². The van der Waals surface area contributed by atoms with E-state index in [0.717, 1.165) is 30.8 Å². The molecule has 80 valence electrons. The Balaban J connectivity index is 2.02. The molecule has 0 aliphatic carbocycles. The van der Waals surface area contributed by atoms with Crippen molar-refractivity contribution in [3.8, 4) is 0 Å². The zero-order valence-corrected chi connectivity index (χ0v) is 9.06. The number of nitrogens with zero attached hydrogens (tertiary/aromatic N) is 2. The molecule has 1 aromatic rings. The minimum Gasteiger partial charge on any atom is -0.398 e. The molecule has 0 aromatic heterocycles. The monoisotopic (exact) mass is 203 g/mol. The molecule has 1 heterocycles. The molecule has 1 fully saturated rings. The summed E-state index contributed by atoms with van der Waals surface area (Å²) in [6.45, 7) is 2.20. The van der Waals surface area contributed by atoms with Gasteiger partial charge in [0.2, 0.25) is 0 Å². The van der Waals surface area contributed by atoms with Gasteiger partial charge in [-0.1, -0.05) is 18.2 Å². The third-order valence-electron chi connectivity index (χ3n) is 2.79. The lowest BCUT2D eigenvalue weighted by atomic mass is 10.2. The summed E-state index contributed by atoms with van der Waals surface area (Å²) in [7, 11) is 2.13. The van der Waals surface area contributed by atoms with Gasteiger partial charge >= 0.3 is 0 Å². The first-order chi connectivity index (χ1) is 7.25. The van der Waals surface area contributed by atoms with Crippen LogP contribution in [0.2, 0.25) is 0 Å². The Morgan fingerprint density at radius 2 is 2.27 bits per heavy atom. The van der Waals surface area contributed by atoms with Crippen LogP contribution in [0, 0.1) is 0 Å².